The number of non-ortho nitro benzene ring substituents is 1. The third kappa shape index (κ3) is 3.00. The summed E-state index contributed by atoms with van der Waals surface area (Å²) in [7, 11) is 0. The molecule has 7 heteroatoms. The van der Waals surface area contributed by atoms with Gasteiger partial charge in [-0.1, -0.05) is 0 Å². The molecule has 0 saturated carbocycles. The number of benzene rings is 2. The molecule has 0 aromatic heterocycles. The van der Waals surface area contributed by atoms with Gasteiger partial charge in [-0.15, -0.1) is 0 Å². The van der Waals surface area contributed by atoms with Gasteiger partial charge in [0, 0.05) is 12.1 Å². The Morgan fingerprint density at radius 1 is 1.20 bits per heavy atom. The Morgan fingerprint density at radius 2 is 1.90 bits per heavy atom. The Hall–Kier alpha value is -2.28. The average Bonchev–Trinajstić information content (AvgIpc) is 2.42. The van der Waals surface area contributed by atoms with Crippen LogP contribution in [-0.2, 0) is 0 Å². The zero-order valence-electron chi connectivity index (χ0n) is 9.88. The molecule has 0 fully saturated rings. The third-order valence-electron chi connectivity index (χ3n) is 2.44. The molecule has 0 aliphatic carbocycles. The molecule has 0 amide bonds. The lowest BCUT2D eigenvalue weighted by Gasteiger charge is -2.09. The summed E-state index contributed by atoms with van der Waals surface area (Å²) in [6.45, 7) is 0. The van der Waals surface area contributed by atoms with Crippen molar-refractivity contribution in [3.05, 3.63) is 62.4 Å². The second-order valence-electron chi connectivity index (χ2n) is 3.77. The molecule has 2 rings (SSSR count). The maximum atomic E-state index is 13.0. The summed E-state index contributed by atoms with van der Waals surface area (Å²) < 4.78 is 18.8. The summed E-state index contributed by atoms with van der Waals surface area (Å²) in [5.41, 5.74) is -0.173. The number of hydrogen-bond acceptors (Lipinski definition) is 4. The van der Waals surface area contributed by atoms with Crippen molar-refractivity contribution in [2.45, 2.75) is 0 Å². The van der Waals surface area contributed by atoms with Gasteiger partial charge in [-0.25, -0.2) is 4.39 Å². The first-order valence-electron chi connectivity index (χ1n) is 5.38. The van der Waals surface area contributed by atoms with Gasteiger partial charge in [-0.05, 0) is 40.2 Å². The molecule has 102 valence electrons. The van der Waals surface area contributed by atoms with Gasteiger partial charge >= 0.3 is 0 Å². The molecule has 0 atom stereocenters. The predicted molar refractivity (Wildman–Crippen MR) is 72.7 cm³/mol. The first-order chi connectivity index (χ1) is 9.51. The molecule has 0 spiro atoms. The van der Waals surface area contributed by atoms with Crippen LogP contribution in [0.25, 0.3) is 0 Å². The summed E-state index contributed by atoms with van der Waals surface area (Å²) in [5.74, 6) is 0.00444. The van der Waals surface area contributed by atoms with Crippen LogP contribution in [-0.4, -0.2) is 11.2 Å². The first kappa shape index (κ1) is 14.1. The summed E-state index contributed by atoms with van der Waals surface area (Å²) in [6.07, 6.45) is 0.458. The highest BCUT2D eigenvalue weighted by molar-refractivity contribution is 9.10. The molecule has 5 nitrogen and oxygen atoms in total. The van der Waals surface area contributed by atoms with E-state index < -0.39 is 10.7 Å². The fourth-order valence-electron chi connectivity index (χ4n) is 1.51. The maximum absolute atomic E-state index is 13.0. The van der Waals surface area contributed by atoms with Crippen molar-refractivity contribution in [3.63, 3.8) is 0 Å². The van der Waals surface area contributed by atoms with E-state index in [1.54, 1.807) is 0 Å². The van der Waals surface area contributed by atoms with Gasteiger partial charge in [0.2, 0.25) is 0 Å². The van der Waals surface area contributed by atoms with Gasteiger partial charge in [-0.2, -0.15) is 0 Å². The number of ether oxygens (including phenoxy) is 1. The molecule has 0 aliphatic rings. The highest BCUT2D eigenvalue weighted by atomic mass is 79.9. The maximum Gasteiger partial charge on any atom is 0.270 e. The highest BCUT2D eigenvalue weighted by Crippen LogP contribution is 2.32. The van der Waals surface area contributed by atoms with Gasteiger partial charge in [0.05, 0.1) is 15.0 Å². The van der Waals surface area contributed by atoms with Crippen LogP contribution in [0.5, 0.6) is 11.5 Å². The number of nitro benzene ring substituents is 1. The molecular weight excluding hydrogens is 333 g/mol. The van der Waals surface area contributed by atoms with Crippen molar-refractivity contribution >= 4 is 27.9 Å². The minimum atomic E-state index is -0.607. The fraction of sp³-hybridized carbons (Fsp3) is 0. The van der Waals surface area contributed by atoms with E-state index in [9.17, 15) is 19.3 Å². The van der Waals surface area contributed by atoms with Crippen LogP contribution in [0.4, 0.5) is 10.1 Å². The molecule has 20 heavy (non-hydrogen) atoms. The lowest BCUT2D eigenvalue weighted by Crippen LogP contribution is -1.94. The SMILES string of the molecule is O=Cc1cc([N+](=O)[O-])ccc1Oc1ccc(F)cc1Br. The third-order valence-corrected chi connectivity index (χ3v) is 3.06. The largest absolute Gasteiger partial charge is 0.455 e. The number of halogens is 2. The van der Waals surface area contributed by atoms with Crippen molar-refractivity contribution < 1.29 is 18.8 Å². The molecule has 0 aliphatic heterocycles. The van der Waals surface area contributed by atoms with Crippen molar-refractivity contribution in [2.24, 2.45) is 0 Å². The minimum absolute atomic E-state index is 0.0374. The second-order valence-corrected chi connectivity index (χ2v) is 4.63. The minimum Gasteiger partial charge on any atom is -0.455 e. The number of hydrogen-bond donors (Lipinski definition) is 0. The molecule has 0 saturated heterocycles. The van der Waals surface area contributed by atoms with Crippen molar-refractivity contribution in [3.8, 4) is 11.5 Å². The lowest BCUT2D eigenvalue weighted by molar-refractivity contribution is -0.384. The Bertz CT molecular complexity index is 690. The highest BCUT2D eigenvalue weighted by Gasteiger charge is 2.13. The standard InChI is InChI=1S/C13H7BrFNO4/c14-11-6-9(15)1-3-13(11)20-12-4-2-10(16(18)19)5-8(12)7-17/h1-7H. The van der Waals surface area contributed by atoms with E-state index in [0.29, 0.717) is 16.5 Å². The van der Waals surface area contributed by atoms with Crippen molar-refractivity contribution in [1.29, 1.82) is 0 Å². The molecular formula is C13H7BrFNO4. The van der Waals surface area contributed by atoms with Crippen LogP contribution in [0.1, 0.15) is 10.4 Å². The normalized spacial score (nSPS) is 10.1. The van der Waals surface area contributed by atoms with Crippen LogP contribution in [0.15, 0.2) is 40.9 Å². The Labute approximate surface area is 121 Å². The Kier molecular flexibility index (Phi) is 4.09. The summed E-state index contributed by atoms with van der Waals surface area (Å²) in [4.78, 5) is 21.0. The monoisotopic (exact) mass is 339 g/mol. The van der Waals surface area contributed by atoms with E-state index in [-0.39, 0.29) is 17.0 Å². The predicted octanol–water partition coefficient (Wildman–Crippen LogP) is 4.10. The molecule has 0 radical (unpaired) electrons. The zero-order valence-corrected chi connectivity index (χ0v) is 11.5. The number of carbonyl (C=O) groups is 1. The quantitative estimate of drug-likeness (QED) is 0.477. The van der Waals surface area contributed by atoms with E-state index in [0.717, 1.165) is 6.07 Å². The van der Waals surface area contributed by atoms with Gasteiger partial charge in [0.25, 0.3) is 5.69 Å². The smallest absolute Gasteiger partial charge is 0.270 e. The molecule has 2 aromatic carbocycles. The fourth-order valence-corrected chi connectivity index (χ4v) is 1.94. The van der Waals surface area contributed by atoms with E-state index in [4.69, 9.17) is 4.74 Å². The molecule has 0 unspecified atom stereocenters. The summed E-state index contributed by atoms with van der Waals surface area (Å²) in [5, 5.41) is 10.6. The van der Waals surface area contributed by atoms with Gasteiger partial charge < -0.3 is 4.74 Å². The lowest BCUT2D eigenvalue weighted by atomic mass is 10.2. The van der Waals surface area contributed by atoms with Crippen LogP contribution < -0.4 is 4.74 Å². The van der Waals surface area contributed by atoms with E-state index in [1.807, 2.05) is 0 Å². The van der Waals surface area contributed by atoms with Crippen molar-refractivity contribution in [1.82, 2.24) is 0 Å². The Balaban J connectivity index is 2.38. The summed E-state index contributed by atoms with van der Waals surface area (Å²) in [6, 6.07) is 7.44. The van der Waals surface area contributed by atoms with Crippen LogP contribution >= 0.6 is 15.9 Å². The topological polar surface area (TPSA) is 69.4 Å². The number of nitrogens with zero attached hydrogens (tertiary/aromatic N) is 1. The Morgan fingerprint density at radius 3 is 2.50 bits per heavy atom. The van der Waals surface area contributed by atoms with E-state index in [1.165, 1.54) is 30.3 Å². The molecule has 2 aromatic rings. The second kappa shape index (κ2) is 5.79. The van der Waals surface area contributed by atoms with Crippen LogP contribution in [0.3, 0.4) is 0 Å². The molecule has 0 bridgehead atoms. The van der Waals surface area contributed by atoms with Gasteiger partial charge in [0.1, 0.15) is 17.3 Å². The number of nitro groups is 1. The molecule has 0 N–H and O–H groups in total. The van der Waals surface area contributed by atoms with E-state index in [2.05, 4.69) is 15.9 Å². The number of rotatable bonds is 4. The first-order valence-corrected chi connectivity index (χ1v) is 6.17. The van der Waals surface area contributed by atoms with Gasteiger partial charge in [0.15, 0.2) is 6.29 Å². The average molecular weight is 340 g/mol. The number of aldehydes is 1. The zero-order chi connectivity index (χ0) is 14.7. The van der Waals surface area contributed by atoms with Crippen LogP contribution in [0, 0.1) is 15.9 Å². The summed E-state index contributed by atoms with van der Waals surface area (Å²) >= 11 is 3.13. The van der Waals surface area contributed by atoms with Crippen molar-refractivity contribution in [2.75, 3.05) is 0 Å². The molecule has 0 heterocycles. The van der Waals surface area contributed by atoms with Gasteiger partial charge in [-0.3, -0.25) is 14.9 Å². The van der Waals surface area contributed by atoms with E-state index >= 15 is 0 Å². The van der Waals surface area contributed by atoms with Crippen LogP contribution in [0.2, 0.25) is 0 Å². The number of carbonyl (C=O) groups excluding carboxylic acids is 1.